The molecule has 0 atom stereocenters. The van der Waals surface area contributed by atoms with Crippen LogP contribution in [0.4, 0.5) is 18.9 Å². The van der Waals surface area contributed by atoms with Crippen LogP contribution in [0.2, 0.25) is 0 Å². The van der Waals surface area contributed by atoms with Crippen LogP contribution in [0.5, 0.6) is 0 Å². The molecule has 8 nitrogen and oxygen atoms in total. The molecule has 0 aliphatic heterocycles. The summed E-state index contributed by atoms with van der Waals surface area (Å²) in [6.07, 6.45) is 0. The fraction of sp³-hybridized carbons (Fsp3) is 0.143. The van der Waals surface area contributed by atoms with Gasteiger partial charge in [-0.05, 0) is 6.07 Å². The Kier molecular flexibility index (Phi) is 4.07. The zero-order valence-corrected chi connectivity index (χ0v) is 10.8. The molecule has 0 spiro atoms. The molecule has 0 unspecified atom stereocenters. The molecule has 0 bridgehead atoms. The number of alkyl halides is 3. The quantitative estimate of drug-likeness (QED) is 0.639. The molecule has 1 rings (SSSR count). The van der Waals surface area contributed by atoms with Gasteiger partial charge in [0.1, 0.15) is 0 Å². The maximum Gasteiger partial charge on any atom is 0.512 e. The summed E-state index contributed by atoms with van der Waals surface area (Å²) in [6, 6.07) is 2.90. The summed E-state index contributed by atoms with van der Waals surface area (Å²) in [7, 11) is -11.3. The SMILES string of the molecule is O=[N+]([O-])c1cccc(S(=O)(=O)NS(=O)(=O)C(F)(F)F)c1. The maximum absolute atomic E-state index is 12.1. The van der Waals surface area contributed by atoms with Crippen LogP contribution in [0.25, 0.3) is 0 Å². The lowest BCUT2D eigenvalue weighted by atomic mass is 10.3. The third-order valence-corrected chi connectivity index (χ3v) is 5.10. The third-order valence-electron chi connectivity index (χ3n) is 1.86. The van der Waals surface area contributed by atoms with Crippen molar-refractivity contribution in [3.05, 3.63) is 34.4 Å². The fourth-order valence-electron chi connectivity index (χ4n) is 1.00. The molecule has 0 fully saturated rings. The van der Waals surface area contributed by atoms with E-state index in [1.54, 1.807) is 0 Å². The minimum atomic E-state index is -6.14. The molecule has 1 aromatic rings. The molecule has 0 amide bonds. The van der Waals surface area contributed by atoms with Crippen LogP contribution in [-0.4, -0.2) is 27.3 Å². The lowest BCUT2D eigenvalue weighted by molar-refractivity contribution is -0.385. The monoisotopic (exact) mass is 334 g/mol. The van der Waals surface area contributed by atoms with Gasteiger partial charge in [0.25, 0.3) is 15.7 Å². The van der Waals surface area contributed by atoms with E-state index in [1.807, 2.05) is 0 Å². The number of hydrogen-bond acceptors (Lipinski definition) is 6. The normalized spacial score (nSPS) is 13.2. The van der Waals surface area contributed by atoms with Crippen molar-refractivity contribution in [2.45, 2.75) is 10.4 Å². The van der Waals surface area contributed by atoms with Gasteiger partial charge in [0.2, 0.25) is 0 Å². The van der Waals surface area contributed by atoms with E-state index in [1.165, 1.54) is 0 Å². The first kappa shape index (κ1) is 16.3. The van der Waals surface area contributed by atoms with Gasteiger partial charge in [-0.25, -0.2) is 16.8 Å². The Labute approximate surface area is 110 Å². The number of halogens is 3. The van der Waals surface area contributed by atoms with E-state index in [-0.39, 0.29) is 0 Å². The van der Waals surface area contributed by atoms with Crippen LogP contribution in [0.15, 0.2) is 29.2 Å². The number of nitrogens with one attached hydrogen (secondary N) is 1. The topological polar surface area (TPSA) is 123 Å². The van der Waals surface area contributed by atoms with Crippen molar-refractivity contribution >= 4 is 25.7 Å². The highest BCUT2D eigenvalue weighted by atomic mass is 32.3. The number of hydrogen-bond donors (Lipinski definition) is 1. The van der Waals surface area contributed by atoms with E-state index in [4.69, 9.17) is 0 Å². The number of benzene rings is 1. The largest absolute Gasteiger partial charge is 0.512 e. The van der Waals surface area contributed by atoms with Crippen LogP contribution in [-0.2, 0) is 20.0 Å². The molecule has 0 aliphatic carbocycles. The third kappa shape index (κ3) is 3.43. The van der Waals surface area contributed by atoms with E-state index in [0.717, 1.165) is 12.1 Å². The van der Waals surface area contributed by atoms with E-state index in [9.17, 15) is 40.1 Å². The second-order valence-electron chi connectivity index (χ2n) is 3.29. The summed E-state index contributed by atoms with van der Waals surface area (Å²) < 4.78 is 81.0. The van der Waals surface area contributed by atoms with Crippen LogP contribution >= 0.6 is 0 Å². The molecular formula is C7H5F3N2O6S2. The van der Waals surface area contributed by atoms with Crippen molar-refractivity contribution in [1.29, 1.82) is 0 Å². The first-order chi connectivity index (χ1) is 8.87. The zero-order chi connectivity index (χ0) is 15.8. The minimum absolute atomic E-state index is 0.425. The summed E-state index contributed by atoms with van der Waals surface area (Å²) in [5.41, 5.74) is -6.56. The lowest BCUT2D eigenvalue weighted by Gasteiger charge is -2.09. The molecule has 1 N–H and O–H groups in total. The van der Waals surface area contributed by atoms with Crippen LogP contribution in [0.1, 0.15) is 0 Å². The van der Waals surface area contributed by atoms with Gasteiger partial charge < -0.3 is 0 Å². The Morgan fingerprint density at radius 2 is 1.70 bits per heavy atom. The smallest absolute Gasteiger partial charge is 0.258 e. The molecule has 13 heteroatoms. The van der Waals surface area contributed by atoms with Gasteiger partial charge in [-0.1, -0.05) is 10.2 Å². The van der Waals surface area contributed by atoms with Gasteiger partial charge in [0.15, 0.2) is 0 Å². The number of rotatable bonds is 4. The second kappa shape index (κ2) is 4.99. The summed E-state index contributed by atoms with van der Waals surface area (Å²) in [5, 5.41) is 10.4. The average molecular weight is 334 g/mol. The maximum atomic E-state index is 12.1. The highest BCUT2D eigenvalue weighted by Gasteiger charge is 2.48. The summed E-state index contributed by atoms with van der Waals surface area (Å²) in [6.45, 7) is 0. The Hall–Kier alpha value is -1.73. The van der Waals surface area contributed by atoms with Crippen molar-refractivity contribution in [1.82, 2.24) is 4.13 Å². The Bertz CT molecular complexity index is 740. The number of nitro benzene ring substituents is 1. The molecule has 1 aromatic carbocycles. The van der Waals surface area contributed by atoms with E-state index in [0.29, 0.717) is 16.3 Å². The van der Waals surface area contributed by atoms with Crippen molar-refractivity contribution in [3.63, 3.8) is 0 Å². The Morgan fingerprint density at radius 1 is 1.15 bits per heavy atom. The van der Waals surface area contributed by atoms with E-state index < -0.39 is 41.1 Å². The molecule has 0 saturated heterocycles. The zero-order valence-electron chi connectivity index (χ0n) is 9.16. The van der Waals surface area contributed by atoms with Gasteiger partial charge in [0, 0.05) is 12.1 Å². The average Bonchev–Trinajstić information content (AvgIpc) is 2.26. The highest BCUT2D eigenvalue weighted by Crippen LogP contribution is 2.24. The fourth-order valence-corrected chi connectivity index (χ4v) is 3.46. The first-order valence-corrected chi connectivity index (χ1v) is 7.43. The molecule has 0 heterocycles. The van der Waals surface area contributed by atoms with Crippen molar-refractivity contribution in [2.24, 2.45) is 0 Å². The number of non-ortho nitro benzene ring substituents is 1. The predicted octanol–water partition coefficient (Wildman–Crippen LogP) is 0.723. The number of nitro groups is 1. The van der Waals surface area contributed by atoms with Gasteiger partial charge in [0.05, 0.1) is 9.82 Å². The van der Waals surface area contributed by atoms with Crippen LogP contribution < -0.4 is 4.13 Å². The van der Waals surface area contributed by atoms with Crippen molar-refractivity contribution < 1.29 is 34.9 Å². The molecule has 0 aliphatic rings. The second-order valence-corrected chi connectivity index (χ2v) is 6.91. The Morgan fingerprint density at radius 3 is 2.15 bits per heavy atom. The van der Waals surface area contributed by atoms with E-state index >= 15 is 0 Å². The molecule has 112 valence electrons. The summed E-state index contributed by atoms with van der Waals surface area (Å²) in [4.78, 5) is 8.44. The summed E-state index contributed by atoms with van der Waals surface area (Å²) in [5.74, 6) is 0. The molecular weight excluding hydrogens is 329 g/mol. The van der Waals surface area contributed by atoms with Gasteiger partial charge in [-0.15, -0.1) is 0 Å². The molecule has 0 radical (unpaired) electrons. The minimum Gasteiger partial charge on any atom is -0.258 e. The van der Waals surface area contributed by atoms with Gasteiger partial charge in [-0.2, -0.15) is 13.2 Å². The highest BCUT2D eigenvalue weighted by molar-refractivity contribution is 8.05. The molecule has 0 saturated carbocycles. The van der Waals surface area contributed by atoms with Gasteiger partial charge >= 0.3 is 15.5 Å². The number of sulfonamides is 2. The van der Waals surface area contributed by atoms with Crippen molar-refractivity contribution in [3.8, 4) is 0 Å². The molecule has 20 heavy (non-hydrogen) atoms. The van der Waals surface area contributed by atoms with Crippen molar-refractivity contribution in [2.75, 3.05) is 0 Å². The Balaban J connectivity index is 3.26. The standard InChI is InChI=1S/C7H5F3N2O6S2/c8-7(9,10)20(17,18)11-19(15,16)6-3-1-2-5(4-6)12(13)14/h1-4,11H. The summed E-state index contributed by atoms with van der Waals surface area (Å²) >= 11 is 0. The van der Waals surface area contributed by atoms with Gasteiger partial charge in [-0.3, -0.25) is 10.1 Å². The first-order valence-electron chi connectivity index (χ1n) is 4.46. The lowest BCUT2D eigenvalue weighted by Crippen LogP contribution is -2.40. The number of nitrogens with zero attached hydrogens (tertiary/aromatic N) is 1. The predicted molar refractivity (Wildman–Crippen MR) is 58.4 cm³/mol. The van der Waals surface area contributed by atoms with Crippen LogP contribution in [0.3, 0.4) is 0 Å². The molecule has 0 aromatic heterocycles. The van der Waals surface area contributed by atoms with Crippen LogP contribution in [0, 0.1) is 10.1 Å². The van der Waals surface area contributed by atoms with E-state index in [2.05, 4.69) is 0 Å².